The lowest BCUT2D eigenvalue weighted by atomic mass is 10.1. The van der Waals surface area contributed by atoms with Crippen LogP contribution < -0.4 is 23.8 Å². The predicted octanol–water partition coefficient (Wildman–Crippen LogP) is 3.38. The Morgan fingerprint density at radius 1 is 0.769 bits per heavy atom. The Morgan fingerprint density at radius 2 is 1.46 bits per heavy atom. The summed E-state index contributed by atoms with van der Waals surface area (Å²) in [5.74, 6) is 2.01. The van der Waals surface area contributed by atoms with Crippen molar-refractivity contribution in [2.24, 2.45) is 0 Å². The van der Waals surface area contributed by atoms with Crippen LogP contribution in [-0.2, 0) is 0 Å². The van der Waals surface area contributed by atoms with E-state index in [2.05, 4.69) is 6.07 Å². The fourth-order valence-electron chi connectivity index (χ4n) is 2.89. The molecule has 3 rings (SSSR count). The summed E-state index contributed by atoms with van der Waals surface area (Å²) in [6.45, 7) is 0. The molecule has 5 heteroatoms. The van der Waals surface area contributed by atoms with Crippen molar-refractivity contribution in [3.63, 3.8) is 0 Å². The van der Waals surface area contributed by atoms with Gasteiger partial charge < -0.3 is 14.2 Å². The van der Waals surface area contributed by atoms with Gasteiger partial charge in [-0.1, -0.05) is 12.1 Å². The summed E-state index contributed by atoms with van der Waals surface area (Å²) in [7, 11) is 6.51. The van der Waals surface area contributed by atoms with Gasteiger partial charge in [0, 0.05) is 35.1 Å². The van der Waals surface area contributed by atoms with Crippen molar-refractivity contribution in [2.75, 3.05) is 28.4 Å². The number of nitrogens with zero attached hydrogens (tertiary/aromatic N) is 1. The number of rotatable bonds is 6. The van der Waals surface area contributed by atoms with Gasteiger partial charge in [-0.15, -0.1) is 0 Å². The molecular formula is C21H22NO4+. The highest BCUT2D eigenvalue weighted by molar-refractivity contribution is 5.79. The van der Waals surface area contributed by atoms with Gasteiger partial charge >= 0.3 is 0 Å². The number of benzene rings is 2. The largest absolute Gasteiger partial charge is 0.496 e. The summed E-state index contributed by atoms with van der Waals surface area (Å²) in [4.78, 5) is 5.58. The number of pyridine rings is 1. The molecule has 0 aliphatic heterocycles. The number of ether oxygens (including phenoxy) is 3. The van der Waals surface area contributed by atoms with Crippen LogP contribution in [0.5, 0.6) is 17.2 Å². The number of methoxy groups -OCH3 is 3. The Labute approximate surface area is 153 Å². The summed E-state index contributed by atoms with van der Waals surface area (Å²) in [6, 6.07) is 15.8. The van der Waals surface area contributed by atoms with Crippen LogP contribution in [0.4, 0.5) is 0 Å². The lowest BCUT2D eigenvalue weighted by Crippen LogP contribution is -2.44. The molecule has 5 nitrogen and oxygen atoms in total. The van der Waals surface area contributed by atoms with E-state index in [9.17, 15) is 0 Å². The fourth-order valence-corrected chi connectivity index (χ4v) is 2.89. The molecule has 0 amide bonds. The van der Waals surface area contributed by atoms with Crippen molar-refractivity contribution < 1.29 is 23.8 Å². The number of fused-ring (bicyclic) bond motifs is 1. The number of hydrogen-bond acceptors (Lipinski definition) is 4. The van der Waals surface area contributed by atoms with Crippen LogP contribution >= 0.6 is 0 Å². The molecule has 1 aromatic heterocycles. The van der Waals surface area contributed by atoms with Crippen LogP contribution in [0, 0.1) is 0 Å². The van der Waals surface area contributed by atoms with E-state index < -0.39 is 0 Å². The summed E-state index contributed by atoms with van der Waals surface area (Å²) in [5, 5.41) is 1.10. The first-order chi connectivity index (χ1) is 12.7. The molecule has 2 aromatic carbocycles. The second kappa shape index (κ2) is 7.78. The monoisotopic (exact) mass is 352 g/mol. The van der Waals surface area contributed by atoms with Crippen LogP contribution in [0.3, 0.4) is 0 Å². The second-order valence-electron chi connectivity index (χ2n) is 5.57. The summed E-state index contributed by atoms with van der Waals surface area (Å²) in [6.07, 6.45) is 3.90. The van der Waals surface area contributed by atoms with Gasteiger partial charge in [0.2, 0.25) is 0 Å². The maximum absolute atomic E-state index is 5.58. The van der Waals surface area contributed by atoms with E-state index in [1.54, 1.807) is 33.2 Å². The molecule has 134 valence electrons. The van der Waals surface area contributed by atoms with Crippen molar-refractivity contribution in [1.82, 2.24) is 0 Å². The van der Waals surface area contributed by atoms with Gasteiger partial charge in [0.1, 0.15) is 24.4 Å². The van der Waals surface area contributed by atoms with Gasteiger partial charge in [-0.2, -0.15) is 0 Å². The molecule has 0 aliphatic carbocycles. The van der Waals surface area contributed by atoms with Crippen molar-refractivity contribution in [3.05, 3.63) is 59.8 Å². The van der Waals surface area contributed by atoms with Crippen LogP contribution in [0.25, 0.3) is 23.1 Å². The Hall–Kier alpha value is -3.21. The molecule has 0 spiro atoms. The first-order valence-electron chi connectivity index (χ1n) is 8.18. The topological polar surface area (TPSA) is 40.8 Å². The van der Waals surface area contributed by atoms with E-state index in [0.717, 1.165) is 22.2 Å². The second-order valence-corrected chi connectivity index (χ2v) is 5.57. The highest BCUT2D eigenvalue weighted by atomic mass is 16.6. The summed E-state index contributed by atoms with van der Waals surface area (Å²) >= 11 is 0. The summed E-state index contributed by atoms with van der Waals surface area (Å²) in [5.41, 5.74) is 2.71. The first kappa shape index (κ1) is 17.6. The van der Waals surface area contributed by atoms with Crippen LogP contribution in [-0.4, -0.2) is 28.4 Å². The number of hydrogen-bond donors (Lipinski definition) is 0. The minimum Gasteiger partial charge on any atom is -0.496 e. The molecule has 3 aromatic rings. The number of para-hydroxylation sites is 1. The lowest BCUT2D eigenvalue weighted by Gasteiger charge is -2.12. The Bertz CT molecular complexity index is 925. The van der Waals surface area contributed by atoms with Gasteiger partial charge in [0.25, 0.3) is 11.2 Å². The maximum Gasteiger partial charge on any atom is 0.265 e. The number of aromatic nitrogens is 1. The third-order valence-corrected chi connectivity index (χ3v) is 4.18. The smallest absolute Gasteiger partial charge is 0.265 e. The fraction of sp³-hybridized carbons (Fsp3) is 0.190. The van der Waals surface area contributed by atoms with Crippen molar-refractivity contribution >= 4 is 23.1 Å². The zero-order valence-electron chi connectivity index (χ0n) is 15.4. The van der Waals surface area contributed by atoms with E-state index >= 15 is 0 Å². The Kier molecular flexibility index (Phi) is 5.27. The van der Waals surface area contributed by atoms with E-state index in [0.29, 0.717) is 17.2 Å². The van der Waals surface area contributed by atoms with Crippen LogP contribution in [0.2, 0.25) is 0 Å². The molecule has 0 aliphatic rings. The lowest BCUT2D eigenvalue weighted by molar-refractivity contribution is -0.866. The van der Waals surface area contributed by atoms with Gasteiger partial charge in [-0.25, -0.2) is 0 Å². The van der Waals surface area contributed by atoms with E-state index in [-0.39, 0.29) is 0 Å². The third kappa shape index (κ3) is 3.28. The average Bonchev–Trinajstić information content (AvgIpc) is 2.70. The molecular weight excluding hydrogens is 330 g/mol. The van der Waals surface area contributed by atoms with E-state index in [1.807, 2.05) is 54.6 Å². The van der Waals surface area contributed by atoms with Gasteiger partial charge in [-0.05, 0) is 18.2 Å². The van der Waals surface area contributed by atoms with Crippen molar-refractivity contribution in [1.29, 1.82) is 0 Å². The molecule has 1 heterocycles. The zero-order valence-corrected chi connectivity index (χ0v) is 15.4. The minimum absolute atomic E-state index is 0.669. The highest BCUT2D eigenvalue weighted by Crippen LogP contribution is 2.35. The standard InChI is InChI=1S/C21H22NO4/c1-23-17-13-20(24-2)18(21(14-17)25-3)12-11-16-10-9-15-7-5-6-8-19(15)22(16)26-4/h5-14H,1-4H3/q+1. The van der Waals surface area contributed by atoms with Crippen LogP contribution in [0.15, 0.2) is 48.5 Å². The van der Waals surface area contributed by atoms with Gasteiger partial charge in [-0.3, -0.25) is 4.84 Å². The quantitative estimate of drug-likeness (QED) is 0.638. The molecule has 0 radical (unpaired) electrons. The molecule has 0 unspecified atom stereocenters. The molecule has 0 saturated carbocycles. The van der Waals surface area contributed by atoms with Crippen molar-refractivity contribution in [2.45, 2.75) is 0 Å². The van der Waals surface area contributed by atoms with Gasteiger partial charge in [0.05, 0.1) is 32.3 Å². The molecule has 0 bridgehead atoms. The minimum atomic E-state index is 0.669. The molecule has 0 N–H and O–H groups in total. The zero-order chi connectivity index (χ0) is 18.5. The molecule has 0 saturated heterocycles. The Morgan fingerprint density at radius 3 is 2.08 bits per heavy atom. The molecule has 0 atom stereocenters. The highest BCUT2D eigenvalue weighted by Gasteiger charge is 2.16. The molecule has 0 fully saturated rings. The molecule has 26 heavy (non-hydrogen) atoms. The summed E-state index contributed by atoms with van der Waals surface area (Å²) < 4.78 is 18.1. The predicted molar refractivity (Wildman–Crippen MR) is 102 cm³/mol. The SMILES string of the molecule is COc1cc(OC)c(C=Cc2ccc3ccccc3[n+]2OC)c(OC)c1. The van der Waals surface area contributed by atoms with Crippen LogP contribution in [0.1, 0.15) is 11.3 Å². The average molecular weight is 352 g/mol. The Balaban J connectivity index is 2.09. The van der Waals surface area contributed by atoms with Gasteiger partial charge in [0.15, 0.2) is 0 Å². The maximum atomic E-state index is 5.58. The van der Waals surface area contributed by atoms with Crippen molar-refractivity contribution in [3.8, 4) is 17.2 Å². The van der Waals surface area contributed by atoms with E-state index in [1.165, 1.54) is 0 Å². The van der Waals surface area contributed by atoms with E-state index in [4.69, 9.17) is 19.0 Å². The third-order valence-electron chi connectivity index (χ3n) is 4.18. The first-order valence-corrected chi connectivity index (χ1v) is 8.18. The normalized spacial score (nSPS) is 10.9.